The van der Waals surface area contributed by atoms with Gasteiger partial charge in [0.25, 0.3) is 0 Å². The topological polar surface area (TPSA) is 236 Å². The zero-order valence-electron chi connectivity index (χ0n) is 24.6. The fraction of sp³-hybridized carbons (Fsp3) is 0.423. The zero-order valence-corrected chi connectivity index (χ0v) is 25.5. The third-order valence-corrected chi connectivity index (χ3v) is 7.59. The van der Waals surface area contributed by atoms with Crippen LogP contribution in [-0.2, 0) is 18.9 Å². The maximum atomic E-state index is 12.8. The van der Waals surface area contributed by atoms with Gasteiger partial charge in [0.15, 0.2) is 6.23 Å². The van der Waals surface area contributed by atoms with Gasteiger partial charge in [-0.1, -0.05) is 12.1 Å². The van der Waals surface area contributed by atoms with Crippen molar-refractivity contribution in [2.24, 2.45) is 11.7 Å². The molecule has 1 aliphatic rings. The number of carbonyl (C=O) groups is 3. The summed E-state index contributed by atoms with van der Waals surface area (Å²) in [4.78, 5) is 56.0. The number of amides is 1. The number of piperidine rings is 1. The summed E-state index contributed by atoms with van der Waals surface area (Å²) in [7, 11) is -4.43. The van der Waals surface area contributed by atoms with Crippen LogP contribution in [0.1, 0.15) is 43.5 Å². The number of carbonyl (C=O) groups excluding carboxylic acids is 1. The lowest BCUT2D eigenvalue weighted by Crippen LogP contribution is -2.44. The van der Waals surface area contributed by atoms with Crippen LogP contribution in [0.4, 0.5) is 32.0 Å². The van der Waals surface area contributed by atoms with E-state index in [-0.39, 0.29) is 29.0 Å². The Morgan fingerprint density at radius 3 is 1.87 bits per heavy atom. The number of pyridine rings is 1. The van der Waals surface area contributed by atoms with E-state index < -0.39 is 43.8 Å². The van der Waals surface area contributed by atoms with E-state index in [4.69, 9.17) is 35.7 Å². The average molecular weight is 704 g/mol. The number of hydrogen-bond donors (Lipinski definition) is 7. The number of benzene rings is 1. The SMILES string of the molecule is CC(NC(=O)C1CCN(c2ccncc2)CC1)Oc1cc(C(=N)N)ccc1C(C)P(=O)(O)O.O=C(O)C(F)(F)F.O=C(O)C(F)(F)F. The summed E-state index contributed by atoms with van der Waals surface area (Å²) in [6.07, 6.45) is -6.03. The van der Waals surface area contributed by atoms with Gasteiger partial charge in [-0.05, 0) is 44.9 Å². The molecular weight excluding hydrogens is 671 g/mol. The predicted molar refractivity (Wildman–Crippen MR) is 153 cm³/mol. The maximum Gasteiger partial charge on any atom is 0.490 e. The van der Waals surface area contributed by atoms with E-state index in [1.165, 1.54) is 25.1 Å². The molecule has 2 atom stereocenters. The fourth-order valence-electron chi connectivity index (χ4n) is 3.82. The van der Waals surface area contributed by atoms with E-state index in [0.29, 0.717) is 18.4 Å². The van der Waals surface area contributed by atoms with E-state index in [0.717, 1.165) is 18.8 Å². The van der Waals surface area contributed by atoms with Gasteiger partial charge in [-0.3, -0.25) is 19.8 Å². The van der Waals surface area contributed by atoms with Crippen molar-refractivity contribution in [2.75, 3.05) is 18.0 Å². The third-order valence-electron chi connectivity index (χ3n) is 6.31. The number of anilines is 1. The lowest BCUT2D eigenvalue weighted by Gasteiger charge is -2.33. The average Bonchev–Trinajstić information content (AvgIpc) is 2.96. The van der Waals surface area contributed by atoms with Crippen LogP contribution in [0.25, 0.3) is 0 Å². The number of nitrogens with one attached hydrogen (secondary N) is 2. The van der Waals surface area contributed by atoms with Crippen molar-refractivity contribution in [1.82, 2.24) is 10.3 Å². The molecule has 0 radical (unpaired) electrons. The number of carboxylic acid groups (broad SMARTS) is 2. The molecule has 1 aromatic heterocycles. The second kappa shape index (κ2) is 16.9. The van der Waals surface area contributed by atoms with Crippen LogP contribution in [0, 0.1) is 11.3 Å². The van der Waals surface area contributed by atoms with Gasteiger partial charge in [0.2, 0.25) is 5.91 Å². The van der Waals surface area contributed by atoms with Crippen LogP contribution in [0.15, 0.2) is 42.7 Å². The van der Waals surface area contributed by atoms with Crippen LogP contribution in [0.5, 0.6) is 5.75 Å². The quantitative estimate of drug-likeness (QED) is 0.0686. The molecule has 0 saturated carbocycles. The second-order valence-corrected chi connectivity index (χ2v) is 11.7. The summed E-state index contributed by atoms with van der Waals surface area (Å²) < 4.78 is 81.1. The minimum absolute atomic E-state index is 0.135. The van der Waals surface area contributed by atoms with Crippen molar-refractivity contribution in [1.29, 1.82) is 5.41 Å². The zero-order chi connectivity index (χ0) is 36.3. The number of alkyl halides is 6. The molecular formula is C26H32F6N5O9P. The summed E-state index contributed by atoms with van der Waals surface area (Å²) in [6, 6.07) is 8.35. The number of nitrogen functional groups attached to an aromatic ring is 1. The Balaban J connectivity index is 0.000000658. The summed E-state index contributed by atoms with van der Waals surface area (Å²) in [5.74, 6) is -5.85. The molecule has 2 aromatic rings. The minimum Gasteiger partial charge on any atom is -0.475 e. The number of nitrogens with two attached hydrogens (primary N) is 1. The summed E-state index contributed by atoms with van der Waals surface area (Å²) in [6.45, 7) is 4.55. The van der Waals surface area contributed by atoms with Crippen LogP contribution < -0.4 is 20.7 Å². The molecule has 0 bridgehead atoms. The van der Waals surface area contributed by atoms with Crippen molar-refractivity contribution in [3.8, 4) is 5.75 Å². The Labute approximate surface area is 263 Å². The largest absolute Gasteiger partial charge is 0.490 e. The monoisotopic (exact) mass is 703 g/mol. The number of halogens is 6. The van der Waals surface area contributed by atoms with Crippen molar-refractivity contribution in [3.05, 3.63) is 53.9 Å². The van der Waals surface area contributed by atoms with E-state index in [1.54, 1.807) is 19.3 Å². The van der Waals surface area contributed by atoms with Crippen molar-refractivity contribution < 1.29 is 70.0 Å². The van der Waals surface area contributed by atoms with Crippen LogP contribution >= 0.6 is 7.60 Å². The molecule has 0 spiro atoms. The lowest BCUT2D eigenvalue weighted by atomic mass is 9.95. The number of amidine groups is 1. The number of rotatable bonds is 8. The number of nitrogens with zero attached hydrogens (tertiary/aromatic N) is 2. The molecule has 8 N–H and O–H groups in total. The smallest absolute Gasteiger partial charge is 0.475 e. The Morgan fingerprint density at radius 2 is 1.47 bits per heavy atom. The number of aromatic nitrogens is 1. The molecule has 1 aromatic carbocycles. The lowest BCUT2D eigenvalue weighted by molar-refractivity contribution is -0.193. The van der Waals surface area contributed by atoms with Gasteiger partial charge < -0.3 is 40.7 Å². The molecule has 262 valence electrons. The van der Waals surface area contributed by atoms with Gasteiger partial charge in [-0.15, -0.1) is 0 Å². The van der Waals surface area contributed by atoms with E-state index in [9.17, 15) is 45.5 Å². The highest BCUT2D eigenvalue weighted by Gasteiger charge is 2.39. The van der Waals surface area contributed by atoms with Gasteiger partial charge in [0.1, 0.15) is 11.6 Å². The Kier molecular flexibility index (Phi) is 14.6. The van der Waals surface area contributed by atoms with Crippen molar-refractivity contribution in [3.63, 3.8) is 0 Å². The molecule has 1 fully saturated rings. The van der Waals surface area contributed by atoms with Gasteiger partial charge in [0, 0.05) is 48.2 Å². The number of hydrogen-bond acceptors (Lipinski definition) is 8. The van der Waals surface area contributed by atoms with Gasteiger partial charge in [0.05, 0.1) is 5.66 Å². The molecule has 1 aliphatic heterocycles. The summed E-state index contributed by atoms with van der Waals surface area (Å²) in [5.41, 5.74) is 6.15. The highest BCUT2D eigenvalue weighted by molar-refractivity contribution is 7.52. The third kappa shape index (κ3) is 13.8. The molecule has 0 aliphatic carbocycles. The highest BCUT2D eigenvalue weighted by atomic mass is 31.2. The fourth-order valence-corrected chi connectivity index (χ4v) is 4.40. The molecule has 1 saturated heterocycles. The number of ether oxygens (including phenoxy) is 1. The Morgan fingerprint density at radius 1 is 1.00 bits per heavy atom. The molecule has 2 unspecified atom stereocenters. The van der Waals surface area contributed by atoms with E-state index in [1.807, 2.05) is 12.1 Å². The summed E-state index contributed by atoms with van der Waals surface area (Å²) >= 11 is 0. The maximum absolute atomic E-state index is 12.8. The first kappa shape index (κ1) is 40.6. The van der Waals surface area contributed by atoms with E-state index >= 15 is 0 Å². The van der Waals surface area contributed by atoms with Gasteiger partial charge in [-0.25, -0.2) is 9.59 Å². The van der Waals surface area contributed by atoms with Crippen molar-refractivity contribution >= 4 is 37.0 Å². The molecule has 3 rings (SSSR count). The van der Waals surface area contributed by atoms with E-state index in [2.05, 4.69) is 15.2 Å². The highest BCUT2D eigenvalue weighted by Crippen LogP contribution is 2.53. The molecule has 47 heavy (non-hydrogen) atoms. The molecule has 2 heterocycles. The van der Waals surface area contributed by atoms with Crippen LogP contribution in [0.2, 0.25) is 0 Å². The number of aliphatic carboxylic acids is 2. The normalized spacial score (nSPS) is 15.1. The first-order valence-corrected chi connectivity index (χ1v) is 14.9. The molecule has 1 amide bonds. The molecule has 14 nitrogen and oxygen atoms in total. The second-order valence-electron chi connectivity index (χ2n) is 9.77. The predicted octanol–water partition coefficient (Wildman–Crippen LogP) is 3.63. The van der Waals surface area contributed by atoms with Crippen LogP contribution in [-0.4, -0.2) is 80.3 Å². The Hall–Kier alpha value is -4.42. The van der Waals surface area contributed by atoms with Crippen molar-refractivity contribution in [2.45, 2.75) is 50.9 Å². The van der Waals surface area contributed by atoms with Gasteiger partial charge in [-0.2, -0.15) is 26.3 Å². The minimum atomic E-state index is -5.08. The first-order chi connectivity index (χ1) is 21.4. The van der Waals surface area contributed by atoms with Gasteiger partial charge >= 0.3 is 31.9 Å². The molecule has 21 heteroatoms. The standard InChI is InChI=1S/C22H30N5O5P.2C2HF3O2/c1-14(33(29,30)31)19-4-3-17(21(23)24)13-20(19)32-15(2)26-22(28)16-7-11-27(12-8-16)18-5-9-25-10-6-18;2*3-2(4,5)1(6)7/h3-6,9-10,13-16H,7-8,11-12H2,1-2H3,(H3,23,24)(H,26,28)(H2,29,30,31);2*(H,6,7). The first-order valence-electron chi connectivity index (χ1n) is 13.2. The van der Waals surface area contributed by atoms with Crippen LogP contribution in [0.3, 0.4) is 0 Å². The Bertz CT molecular complexity index is 1410. The summed E-state index contributed by atoms with van der Waals surface area (Å²) in [5, 5.41) is 24.7. The number of carboxylic acids is 2.